The molecule has 0 aromatic heterocycles. The zero-order chi connectivity index (χ0) is 11.3. The van der Waals surface area contributed by atoms with E-state index in [0.717, 1.165) is 32.9 Å². The van der Waals surface area contributed by atoms with Crippen molar-refractivity contribution in [1.82, 2.24) is 5.32 Å². The molecular weight excluding hydrogens is 202 g/mol. The predicted molar refractivity (Wildman–Crippen MR) is 64.6 cm³/mol. The van der Waals surface area contributed by atoms with Crippen molar-refractivity contribution in [3.8, 4) is 0 Å². The van der Waals surface area contributed by atoms with Gasteiger partial charge in [0.2, 0.25) is 0 Å². The summed E-state index contributed by atoms with van der Waals surface area (Å²) in [5.74, 6) is 0. The number of ether oxygens (including phenoxy) is 2. The first-order chi connectivity index (χ1) is 7.79. The van der Waals surface area contributed by atoms with Gasteiger partial charge in [0.05, 0.1) is 6.10 Å². The molecule has 0 aliphatic carbocycles. The molecule has 2 fully saturated rings. The van der Waals surface area contributed by atoms with Gasteiger partial charge >= 0.3 is 0 Å². The minimum absolute atomic E-state index is 0.453. The zero-order valence-corrected chi connectivity index (χ0v) is 10.5. The Morgan fingerprint density at radius 1 is 1.25 bits per heavy atom. The Kier molecular flexibility index (Phi) is 4.62. The molecule has 1 unspecified atom stereocenters. The first-order valence-corrected chi connectivity index (χ1v) is 6.69. The third-order valence-electron chi connectivity index (χ3n) is 3.92. The van der Waals surface area contributed by atoms with E-state index >= 15 is 0 Å². The molecule has 0 saturated carbocycles. The highest BCUT2D eigenvalue weighted by molar-refractivity contribution is 4.79. The summed E-state index contributed by atoms with van der Waals surface area (Å²) in [7, 11) is 0. The van der Waals surface area contributed by atoms with E-state index in [4.69, 9.17) is 9.47 Å². The van der Waals surface area contributed by atoms with Crippen molar-refractivity contribution in [3.05, 3.63) is 0 Å². The van der Waals surface area contributed by atoms with Gasteiger partial charge in [-0.1, -0.05) is 6.92 Å². The molecule has 3 nitrogen and oxygen atoms in total. The van der Waals surface area contributed by atoms with E-state index in [1.165, 1.54) is 32.1 Å². The summed E-state index contributed by atoms with van der Waals surface area (Å²) in [5, 5.41) is 3.59. The third kappa shape index (κ3) is 3.72. The van der Waals surface area contributed by atoms with E-state index in [0.29, 0.717) is 11.5 Å². The van der Waals surface area contributed by atoms with Crippen LogP contribution in [0.15, 0.2) is 0 Å². The molecule has 0 aromatic rings. The molecule has 2 rings (SSSR count). The average molecular weight is 227 g/mol. The van der Waals surface area contributed by atoms with Crippen LogP contribution in [0.5, 0.6) is 0 Å². The molecule has 2 aliphatic heterocycles. The summed E-state index contributed by atoms with van der Waals surface area (Å²) in [6.07, 6.45) is 6.59. The third-order valence-corrected chi connectivity index (χ3v) is 3.92. The lowest BCUT2D eigenvalue weighted by atomic mass is 9.82. The largest absolute Gasteiger partial charge is 0.381 e. The van der Waals surface area contributed by atoms with Crippen LogP contribution in [-0.4, -0.2) is 39.0 Å². The Morgan fingerprint density at radius 3 is 2.75 bits per heavy atom. The van der Waals surface area contributed by atoms with Gasteiger partial charge in [-0.25, -0.2) is 0 Å². The van der Waals surface area contributed by atoms with Gasteiger partial charge in [-0.3, -0.25) is 0 Å². The molecule has 2 saturated heterocycles. The van der Waals surface area contributed by atoms with Crippen LogP contribution in [-0.2, 0) is 9.47 Å². The van der Waals surface area contributed by atoms with Crippen molar-refractivity contribution >= 4 is 0 Å². The minimum atomic E-state index is 0.453. The Balaban J connectivity index is 1.56. The summed E-state index contributed by atoms with van der Waals surface area (Å²) < 4.78 is 11.0. The fourth-order valence-corrected chi connectivity index (χ4v) is 2.57. The molecule has 0 spiro atoms. The fraction of sp³-hybridized carbons (Fsp3) is 1.00. The van der Waals surface area contributed by atoms with Gasteiger partial charge in [-0.2, -0.15) is 0 Å². The topological polar surface area (TPSA) is 30.5 Å². The predicted octanol–water partition coefficient (Wildman–Crippen LogP) is 1.96. The highest BCUT2D eigenvalue weighted by Crippen LogP contribution is 2.28. The van der Waals surface area contributed by atoms with Gasteiger partial charge in [0.1, 0.15) is 0 Å². The summed E-state index contributed by atoms with van der Waals surface area (Å²) in [5.41, 5.74) is 0.453. The van der Waals surface area contributed by atoms with Gasteiger partial charge in [-0.05, 0) is 44.1 Å². The second-order valence-electron chi connectivity index (χ2n) is 5.52. The molecule has 94 valence electrons. The van der Waals surface area contributed by atoms with Crippen molar-refractivity contribution in [2.24, 2.45) is 5.41 Å². The lowest BCUT2D eigenvalue weighted by Gasteiger charge is -2.33. The van der Waals surface area contributed by atoms with Crippen LogP contribution < -0.4 is 5.32 Å². The van der Waals surface area contributed by atoms with E-state index < -0.39 is 0 Å². The maximum Gasteiger partial charge on any atom is 0.0588 e. The number of hydrogen-bond acceptors (Lipinski definition) is 3. The summed E-state index contributed by atoms with van der Waals surface area (Å²) in [6.45, 7) is 7.44. The quantitative estimate of drug-likeness (QED) is 0.728. The second kappa shape index (κ2) is 5.99. The molecule has 0 amide bonds. The van der Waals surface area contributed by atoms with Gasteiger partial charge in [0, 0.05) is 26.4 Å². The fourth-order valence-electron chi connectivity index (χ4n) is 2.57. The van der Waals surface area contributed by atoms with Gasteiger partial charge in [0.15, 0.2) is 0 Å². The van der Waals surface area contributed by atoms with Crippen molar-refractivity contribution in [2.75, 3.05) is 32.9 Å². The Morgan fingerprint density at radius 2 is 2.06 bits per heavy atom. The van der Waals surface area contributed by atoms with Crippen LogP contribution in [0.2, 0.25) is 0 Å². The van der Waals surface area contributed by atoms with E-state index in [9.17, 15) is 0 Å². The molecular formula is C13H25NO2. The van der Waals surface area contributed by atoms with E-state index in [1.54, 1.807) is 0 Å². The molecule has 16 heavy (non-hydrogen) atoms. The molecule has 0 radical (unpaired) electrons. The van der Waals surface area contributed by atoms with Crippen LogP contribution in [0.3, 0.4) is 0 Å². The Bertz CT molecular complexity index is 196. The average Bonchev–Trinajstić information content (AvgIpc) is 2.78. The zero-order valence-electron chi connectivity index (χ0n) is 10.5. The van der Waals surface area contributed by atoms with Crippen LogP contribution >= 0.6 is 0 Å². The number of rotatable bonds is 5. The van der Waals surface area contributed by atoms with Gasteiger partial charge in [-0.15, -0.1) is 0 Å². The van der Waals surface area contributed by atoms with Crippen LogP contribution in [0.1, 0.15) is 39.0 Å². The lowest BCUT2D eigenvalue weighted by molar-refractivity contribution is 0.0235. The van der Waals surface area contributed by atoms with Gasteiger partial charge in [0.25, 0.3) is 0 Å². The monoisotopic (exact) mass is 227 g/mol. The second-order valence-corrected chi connectivity index (χ2v) is 5.52. The summed E-state index contributed by atoms with van der Waals surface area (Å²) in [6, 6.07) is 0. The van der Waals surface area contributed by atoms with Crippen LogP contribution in [0, 0.1) is 5.41 Å². The van der Waals surface area contributed by atoms with Crippen molar-refractivity contribution in [2.45, 2.75) is 45.1 Å². The first kappa shape index (κ1) is 12.3. The van der Waals surface area contributed by atoms with Crippen LogP contribution in [0.4, 0.5) is 0 Å². The Labute approximate surface area is 98.9 Å². The summed E-state index contributed by atoms with van der Waals surface area (Å²) >= 11 is 0. The molecule has 2 aliphatic rings. The maximum absolute atomic E-state index is 5.61. The van der Waals surface area contributed by atoms with Crippen LogP contribution in [0.25, 0.3) is 0 Å². The maximum atomic E-state index is 5.61. The molecule has 2 heterocycles. The molecule has 0 bridgehead atoms. The highest BCUT2D eigenvalue weighted by Gasteiger charge is 2.26. The van der Waals surface area contributed by atoms with E-state index in [2.05, 4.69) is 12.2 Å². The molecule has 1 N–H and O–H groups in total. The SMILES string of the molecule is CC1(CNCCC2CCCO2)CCOCC1. The normalized spacial score (nSPS) is 29.4. The highest BCUT2D eigenvalue weighted by atomic mass is 16.5. The van der Waals surface area contributed by atoms with Crippen molar-refractivity contribution in [3.63, 3.8) is 0 Å². The molecule has 3 heteroatoms. The van der Waals surface area contributed by atoms with E-state index in [-0.39, 0.29) is 0 Å². The number of nitrogens with one attached hydrogen (secondary N) is 1. The first-order valence-electron chi connectivity index (χ1n) is 6.69. The lowest BCUT2D eigenvalue weighted by Crippen LogP contribution is -2.37. The summed E-state index contributed by atoms with van der Waals surface area (Å²) in [4.78, 5) is 0. The van der Waals surface area contributed by atoms with Gasteiger partial charge < -0.3 is 14.8 Å². The van der Waals surface area contributed by atoms with Crippen molar-refractivity contribution in [1.29, 1.82) is 0 Å². The van der Waals surface area contributed by atoms with Crippen molar-refractivity contribution < 1.29 is 9.47 Å². The van der Waals surface area contributed by atoms with E-state index in [1.807, 2.05) is 0 Å². The molecule has 0 aromatic carbocycles. The minimum Gasteiger partial charge on any atom is -0.381 e. The smallest absolute Gasteiger partial charge is 0.0588 e. The Hall–Kier alpha value is -0.120. The standard InChI is InChI=1S/C13H25NO2/c1-13(5-9-15-10-6-13)11-14-7-4-12-3-2-8-16-12/h12,14H,2-11H2,1H3. The number of hydrogen-bond donors (Lipinski definition) is 1. The molecule has 1 atom stereocenters.